The van der Waals surface area contributed by atoms with E-state index >= 15 is 0 Å². The molecule has 0 spiro atoms. The van der Waals surface area contributed by atoms with Gasteiger partial charge in [-0.3, -0.25) is 4.79 Å². The minimum atomic E-state index is 0.404. The SMILES string of the molecule is Cn1cncc1COc1ccccc1C=O. The fourth-order valence-corrected chi connectivity index (χ4v) is 1.38. The molecule has 1 aromatic heterocycles. The third kappa shape index (κ3) is 2.11. The van der Waals surface area contributed by atoms with Gasteiger partial charge in [0.25, 0.3) is 0 Å². The molecular formula is C12H12N2O2. The first-order valence-corrected chi connectivity index (χ1v) is 4.93. The molecule has 82 valence electrons. The van der Waals surface area contributed by atoms with Crippen LogP contribution < -0.4 is 4.74 Å². The van der Waals surface area contributed by atoms with Gasteiger partial charge in [-0.1, -0.05) is 12.1 Å². The number of carbonyl (C=O) groups is 1. The van der Waals surface area contributed by atoms with Crippen molar-refractivity contribution in [1.82, 2.24) is 9.55 Å². The van der Waals surface area contributed by atoms with Crippen LogP contribution in [0.4, 0.5) is 0 Å². The van der Waals surface area contributed by atoms with Gasteiger partial charge < -0.3 is 9.30 Å². The second kappa shape index (κ2) is 4.61. The number of aldehydes is 1. The number of aromatic nitrogens is 2. The Bertz CT molecular complexity index is 491. The Morgan fingerprint density at radius 3 is 2.94 bits per heavy atom. The van der Waals surface area contributed by atoms with Gasteiger partial charge in [0.2, 0.25) is 0 Å². The van der Waals surface area contributed by atoms with E-state index in [9.17, 15) is 4.79 Å². The molecule has 16 heavy (non-hydrogen) atoms. The van der Waals surface area contributed by atoms with Gasteiger partial charge in [-0.05, 0) is 12.1 Å². The largest absolute Gasteiger partial charge is 0.487 e. The van der Waals surface area contributed by atoms with Crippen molar-refractivity contribution < 1.29 is 9.53 Å². The fraction of sp³-hybridized carbons (Fsp3) is 0.167. The van der Waals surface area contributed by atoms with Crippen molar-refractivity contribution in [3.8, 4) is 5.75 Å². The van der Waals surface area contributed by atoms with Crippen molar-refractivity contribution in [2.45, 2.75) is 6.61 Å². The van der Waals surface area contributed by atoms with E-state index < -0.39 is 0 Å². The molecular weight excluding hydrogens is 204 g/mol. The number of benzene rings is 1. The van der Waals surface area contributed by atoms with Crippen LogP contribution in [0.1, 0.15) is 16.1 Å². The number of para-hydroxylation sites is 1. The molecule has 1 aromatic carbocycles. The van der Waals surface area contributed by atoms with Crippen molar-refractivity contribution in [3.05, 3.63) is 48.0 Å². The van der Waals surface area contributed by atoms with Crippen molar-refractivity contribution in [1.29, 1.82) is 0 Å². The molecule has 0 atom stereocenters. The summed E-state index contributed by atoms with van der Waals surface area (Å²) in [6, 6.07) is 7.15. The molecule has 0 radical (unpaired) electrons. The third-order valence-corrected chi connectivity index (χ3v) is 2.34. The van der Waals surface area contributed by atoms with E-state index in [2.05, 4.69) is 4.98 Å². The van der Waals surface area contributed by atoms with Crippen molar-refractivity contribution in [2.75, 3.05) is 0 Å². The molecule has 0 aliphatic rings. The number of carbonyl (C=O) groups excluding carboxylic acids is 1. The lowest BCUT2D eigenvalue weighted by molar-refractivity contribution is 0.111. The summed E-state index contributed by atoms with van der Waals surface area (Å²) in [6.45, 7) is 0.404. The van der Waals surface area contributed by atoms with E-state index in [-0.39, 0.29) is 0 Å². The lowest BCUT2D eigenvalue weighted by atomic mass is 10.2. The Morgan fingerprint density at radius 1 is 1.44 bits per heavy atom. The highest BCUT2D eigenvalue weighted by Crippen LogP contribution is 2.16. The van der Waals surface area contributed by atoms with Crippen LogP contribution in [0.2, 0.25) is 0 Å². The Hall–Kier alpha value is -2.10. The first kappa shape index (κ1) is 10.4. The zero-order valence-electron chi connectivity index (χ0n) is 8.96. The summed E-state index contributed by atoms with van der Waals surface area (Å²) in [5, 5.41) is 0. The van der Waals surface area contributed by atoms with Crippen LogP contribution in [0.25, 0.3) is 0 Å². The molecule has 0 saturated carbocycles. The molecule has 0 aliphatic heterocycles. The molecule has 0 unspecified atom stereocenters. The number of nitrogens with zero attached hydrogens (tertiary/aromatic N) is 2. The lowest BCUT2D eigenvalue weighted by Crippen LogP contribution is -2.02. The van der Waals surface area contributed by atoms with E-state index in [4.69, 9.17) is 4.74 Å². The molecule has 4 heteroatoms. The summed E-state index contributed by atoms with van der Waals surface area (Å²) in [4.78, 5) is 14.7. The first-order chi connectivity index (χ1) is 7.81. The molecule has 0 N–H and O–H groups in total. The van der Waals surface area contributed by atoms with Gasteiger partial charge in [0, 0.05) is 7.05 Å². The minimum absolute atomic E-state index is 0.404. The van der Waals surface area contributed by atoms with Gasteiger partial charge in [0.15, 0.2) is 6.29 Å². The van der Waals surface area contributed by atoms with Crippen molar-refractivity contribution in [2.24, 2.45) is 7.05 Å². The topological polar surface area (TPSA) is 44.1 Å². The van der Waals surface area contributed by atoms with Crippen molar-refractivity contribution in [3.63, 3.8) is 0 Å². The standard InChI is InChI=1S/C12H12N2O2/c1-14-9-13-6-11(14)8-16-12-5-3-2-4-10(12)7-15/h2-7,9H,8H2,1H3. The van der Waals surface area contributed by atoms with Gasteiger partial charge >= 0.3 is 0 Å². The van der Waals surface area contributed by atoms with E-state index in [1.807, 2.05) is 17.7 Å². The summed E-state index contributed by atoms with van der Waals surface area (Å²) >= 11 is 0. The van der Waals surface area contributed by atoms with Crippen LogP contribution in [-0.4, -0.2) is 15.8 Å². The smallest absolute Gasteiger partial charge is 0.153 e. The van der Waals surface area contributed by atoms with Crippen LogP contribution in [0, 0.1) is 0 Å². The van der Waals surface area contributed by atoms with E-state index in [0.717, 1.165) is 12.0 Å². The number of hydrogen-bond acceptors (Lipinski definition) is 3. The average molecular weight is 216 g/mol. The zero-order chi connectivity index (χ0) is 11.4. The Balaban J connectivity index is 2.10. The van der Waals surface area contributed by atoms with Gasteiger partial charge in [0.05, 0.1) is 23.8 Å². The fourth-order valence-electron chi connectivity index (χ4n) is 1.38. The van der Waals surface area contributed by atoms with Crippen LogP contribution in [0.3, 0.4) is 0 Å². The van der Waals surface area contributed by atoms with Crippen LogP contribution in [-0.2, 0) is 13.7 Å². The van der Waals surface area contributed by atoms with E-state index in [1.165, 1.54) is 0 Å². The van der Waals surface area contributed by atoms with Gasteiger partial charge in [-0.15, -0.1) is 0 Å². The Labute approximate surface area is 93.5 Å². The molecule has 0 bridgehead atoms. The van der Waals surface area contributed by atoms with E-state index in [0.29, 0.717) is 17.9 Å². The molecule has 0 amide bonds. The molecule has 1 heterocycles. The Morgan fingerprint density at radius 2 is 2.25 bits per heavy atom. The number of hydrogen-bond donors (Lipinski definition) is 0. The number of ether oxygens (including phenoxy) is 1. The molecule has 0 fully saturated rings. The second-order valence-electron chi connectivity index (χ2n) is 3.44. The summed E-state index contributed by atoms with van der Waals surface area (Å²) < 4.78 is 7.44. The predicted octanol–water partition coefficient (Wildman–Crippen LogP) is 1.81. The summed E-state index contributed by atoms with van der Waals surface area (Å²) in [6.07, 6.45) is 4.24. The third-order valence-electron chi connectivity index (χ3n) is 2.34. The monoisotopic (exact) mass is 216 g/mol. The molecule has 2 rings (SSSR count). The average Bonchev–Trinajstić information content (AvgIpc) is 2.72. The minimum Gasteiger partial charge on any atom is -0.487 e. The highest BCUT2D eigenvalue weighted by molar-refractivity contribution is 5.79. The molecule has 0 aliphatic carbocycles. The van der Waals surface area contributed by atoms with Crippen LogP contribution in [0.5, 0.6) is 5.75 Å². The maximum atomic E-state index is 10.8. The van der Waals surface area contributed by atoms with Gasteiger partial charge in [-0.2, -0.15) is 0 Å². The van der Waals surface area contributed by atoms with Crippen LogP contribution in [0.15, 0.2) is 36.8 Å². The van der Waals surface area contributed by atoms with Gasteiger partial charge in [-0.25, -0.2) is 4.98 Å². The van der Waals surface area contributed by atoms with Gasteiger partial charge in [0.1, 0.15) is 12.4 Å². The predicted molar refractivity (Wildman–Crippen MR) is 59.4 cm³/mol. The maximum absolute atomic E-state index is 10.8. The lowest BCUT2D eigenvalue weighted by Gasteiger charge is -2.08. The number of rotatable bonds is 4. The maximum Gasteiger partial charge on any atom is 0.153 e. The molecule has 2 aromatic rings. The van der Waals surface area contributed by atoms with Crippen LogP contribution >= 0.6 is 0 Å². The summed E-state index contributed by atoms with van der Waals surface area (Å²) in [7, 11) is 1.90. The van der Waals surface area contributed by atoms with E-state index in [1.54, 1.807) is 30.7 Å². The van der Waals surface area contributed by atoms with Crippen molar-refractivity contribution >= 4 is 6.29 Å². The number of imidazole rings is 1. The quantitative estimate of drug-likeness (QED) is 0.732. The number of aryl methyl sites for hydroxylation is 1. The summed E-state index contributed by atoms with van der Waals surface area (Å²) in [5.41, 5.74) is 1.52. The highest BCUT2D eigenvalue weighted by Gasteiger charge is 2.03. The first-order valence-electron chi connectivity index (χ1n) is 4.93. The highest BCUT2D eigenvalue weighted by atomic mass is 16.5. The summed E-state index contributed by atoms with van der Waals surface area (Å²) in [5.74, 6) is 0.596. The molecule has 4 nitrogen and oxygen atoms in total. The second-order valence-corrected chi connectivity index (χ2v) is 3.44. The Kier molecular flexibility index (Phi) is 3.00. The normalized spacial score (nSPS) is 10.1. The molecule has 0 saturated heterocycles. The zero-order valence-corrected chi connectivity index (χ0v) is 8.96.